The summed E-state index contributed by atoms with van der Waals surface area (Å²) in [4.78, 5) is 16.4. The minimum atomic E-state index is -0.469. The number of hydrogen-bond acceptors (Lipinski definition) is 6. The van der Waals surface area contributed by atoms with Crippen LogP contribution in [0, 0.1) is 0 Å². The zero-order chi connectivity index (χ0) is 18.6. The number of fused-ring (bicyclic) bond motifs is 2. The molecule has 0 aromatic carbocycles. The van der Waals surface area contributed by atoms with Gasteiger partial charge < -0.3 is 11.5 Å². The van der Waals surface area contributed by atoms with Crippen LogP contribution in [0.3, 0.4) is 0 Å². The van der Waals surface area contributed by atoms with Crippen LogP contribution in [-0.4, -0.2) is 27.3 Å². The fourth-order valence-corrected chi connectivity index (χ4v) is 2.60. The second-order valence-electron chi connectivity index (χ2n) is 6.81. The van der Waals surface area contributed by atoms with Gasteiger partial charge >= 0.3 is 0 Å². The van der Waals surface area contributed by atoms with E-state index in [2.05, 4.69) is 20.0 Å². The van der Waals surface area contributed by atoms with Crippen molar-refractivity contribution in [2.24, 2.45) is 21.5 Å². The molecule has 2 aliphatic rings. The first-order valence-corrected chi connectivity index (χ1v) is 8.28. The van der Waals surface area contributed by atoms with Crippen LogP contribution in [-0.2, 0) is 0 Å². The van der Waals surface area contributed by atoms with E-state index < -0.39 is 11.1 Å². The summed E-state index contributed by atoms with van der Waals surface area (Å²) in [5.41, 5.74) is 11.0. The van der Waals surface area contributed by atoms with Crippen molar-refractivity contribution in [2.45, 2.75) is 24.9 Å². The molecule has 0 radical (unpaired) electrons. The summed E-state index contributed by atoms with van der Waals surface area (Å²) in [6.07, 6.45) is 18.1. The molecule has 132 valence electrons. The fourth-order valence-electron chi connectivity index (χ4n) is 2.60. The van der Waals surface area contributed by atoms with Gasteiger partial charge in [-0.3, -0.25) is 20.0 Å². The number of aromatic nitrogens is 2. The third-order valence-electron chi connectivity index (χ3n) is 3.87. The van der Waals surface area contributed by atoms with E-state index in [1.807, 2.05) is 44.2 Å². The lowest BCUT2D eigenvalue weighted by Gasteiger charge is -2.12. The summed E-state index contributed by atoms with van der Waals surface area (Å²) in [5.74, 6) is 0. The normalized spacial score (nSPS) is 25.4. The molecule has 2 aliphatic heterocycles. The zero-order valence-electron chi connectivity index (χ0n) is 14.9. The molecule has 6 nitrogen and oxygen atoms in total. The van der Waals surface area contributed by atoms with Crippen LogP contribution in [0.4, 0.5) is 0 Å². The average molecular weight is 346 g/mol. The Morgan fingerprint density at radius 1 is 0.846 bits per heavy atom. The minimum absolute atomic E-state index is 0.421. The van der Waals surface area contributed by atoms with Gasteiger partial charge in [-0.1, -0.05) is 12.2 Å². The SMILES string of the molecule is CC1(N)C=CN=c2cnccc2=C1.CC1(N)C=NC=c2cnccc2=C1. The van der Waals surface area contributed by atoms with E-state index in [0.717, 1.165) is 21.0 Å². The highest BCUT2D eigenvalue weighted by molar-refractivity contribution is 5.81. The molecule has 0 spiro atoms. The van der Waals surface area contributed by atoms with E-state index in [1.165, 1.54) is 0 Å². The van der Waals surface area contributed by atoms with Gasteiger partial charge in [0.1, 0.15) is 0 Å². The quantitative estimate of drug-likeness (QED) is 0.647. The van der Waals surface area contributed by atoms with Crippen molar-refractivity contribution >= 4 is 24.6 Å². The van der Waals surface area contributed by atoms with Crippen LogP contribution in [0.2, 0.25) is 0 Å². The highest BCUT2D eigenvalue weighted by atomic mass is 14.8. The lowest BCUT2D eigenvalue weighted by molar-refractivity contribution is 0.777. The zero-order valence-corrected chi connectivity index (χ0v) is 14.9. The topological polar surface area (TPSA) is 103 Å². The second kappa shape index (κ2) is 7.11. The number of nitrogens with two attached hydrogens (primary N) is 2. The van der Waals surface area contributed by atoms with Gasteiger partial charge in [0.05, 0.1) is 22.6 Å². The number of nitrogens with zero attached hydrogens (tertiary/aromatic N) is 4. The Morgan fingerprint density at radius 2 is 1.54 bits per heavy atom. The highest BCUT2D eigenvalue weighted by Gasteiger charge is 2.12. The molecule has 2 aromatic rings. The van der Waals surface area contributed by atoms with Gasteiger partial charge in [0.15, 0.2) is 0 Å². The largest absolute Gasteiger partial charge is 0.319 e. The van der Waals surface area contributed by atoms with Gasteiger partial charge in [0.25, 0.3) is 0 Å². The molecule has 0 saturated heterocycles. The molecule has 4 heterocycles. The van der Waals surface area contributed by atoms with Gasteiger partial charge in [-0.05, 0) is 37.3 Å². The minimum Gasteiger partial charge on any atom is -0.319 e. The van der Waals surface area contributed by atoms with E-state index in [9.17, 15) is 0 Å². The average Bonchev–Trinajstić information content (AvgIpc) is 2.83. The monoisotopic (exact) mass is 346 g/mol. The van der Waals surface area contributed by atoms with E-state index in [0.29, 0.717) is 0 Å². The fraction of sp³-hybridized carbons (Fsp3) is 0.200. The maximum absolute atomic E-state index is 5.97. The maximum atomic E-state index is 5.97. The molecule has 6 heteroatoms. The van der Waals surface area contributed by atoms with Crippen LogP contribution in [0.5, 0.6) is 0 Å². The van der Waals surface area contributed by atoms with Crippen LogP contribution < -0.4 is 32.5 Å². The molecular weight excluding hydrogens is 324 g/mol. The molecule has 2 aromatic heterocycles. The summed E-state index contributed by atoms with van der Waals surface area (Å²) in [6.45, 7) is 3.86. The molecule has 2 atom stereocenters. The van der Waals surface area contributed by atoms with Crippen molar-refractivity contribution in [1.82, 2.24) is 9.97 Å². The number of rotatable bonds is 0. The van der Waals surface area contributed by atoms with Crippen molar-refractivity contribution in [1.29, 1.82) is 0 Å². The van der Waals surface area contributed by atoms with Crippen molar-refractivity contribution in [3.63, 3.8) is 0 Å². The first-order chi connectivity index (χ1) is 12.3. The Kier molecular flexibility index (Phi) is 4.88. The Labute approximate surface area is 151 Å². The summed E-state index contributed by atoms with van der Waals surface area (Å²) in [5, 5.41) is 3.99. The lowest BCUT2D eigenvalue weighted by atomic mass is 10.0. The van der Waals surface area contributed by atoms with Crippen LogP contribution in [0.25, 0.3) is 18.4 Å². The summed E-state index contributed by atoms with van der Waals surface area (Å²) >= 11 is 0. The molecule has 4 rings (SSSR count). The molecule has 4 N–H and O–H groups in total. The molecule has 26 heavy (non-hydrogen) atoms. The Hall–Kier alpha value is -2.96. The van der Waals surface area contributed by atoms with Crippen molar-refractivity contribution in [3.05, 3.63) is 70.2 Å². The molecular formula is C20H22N6. The van der Waals surface area contributed by atoms with Crippen LogP contribution in [0.1, 0.15) is 13.8 Å². The molecule has 0 bridgehead atoms. The van der Waals surface area contributed by atoms with Gasteiger partial charge in [-0.25, -0.2) is 0 Å². The molecule has 0 aliphatic carbocycles. The van der Waals surface area contributed by atoms with Gasteiger partial charge in [0, 0.05) is 47.6 Å². The standard InChI is InChI=1S/2C10H11N3/c1-10(11)3-5-13-9-7-12-4-2-8(9)6-10;1-10(11)4-8-2-3-12-5-9(8)6-13-7-10/h2*2-7H,11H2,1H3. The van der Waals surface area contributed by atoms with Crippen molar-refractivity contribution < 1.29 is 0 Å². The smallest absolute Gasteiger partial charge is 0.0882 e. The van der Waals surface area contributed by atoms with E-state index in [-0.39, 0.29) is 0 Å². The van der Waals surface area contributed by atoms with E-state index in [1.54, 1.807) is 43.4 Å². The summed E-state index contributed by atoms with van der Waals surface area (Å²) in [7, 11) is 0. The van der Waals surface area contributed by atoms with Crippen molar-refractivity contribution in [2.75, 3.05) is 0 Å². The lowest BCUT2D eigenvalue weighted by Crippen LogP contribution is -2.38. The molecule has 0 saturated carbocycles. The Morgan fingerprint density at radius 3 is 2.35 bits per heavy atom. The van der Waals surface area contributed by atoms with Gasteiger partial charge in [-0.15, -0.1) is 0 Å². The molecule has 0 fully saturated rings. The van der Waals surface area contributed by atoms with E-state index >= 15 is 0 Å². The number of pyridine rings is 2. The first-order valence-electron chi connectivity index (χ1n) is 8.28. The Bertz CT molecular complexity index is 1000. The highest BCUT2D eigenvalue weighted by Crippen LogP contribution is 2.03. The van der Waals surface area contributed by atoms with E-state index in [4.69, 9.17) is 11.5 Å². The third-order valence-corrected chi connectivity index (χ3v) is 3.87. The predicted octanol–water partition coefficient (Wildman–Crippen LogP) is -0.872. The van der Waals surface area contributed by atoms with Gasteiger partial charge in [-0.2, -0.15) is 0 Å². The second-order valence-corrected chi connectivity index (χ2v) is 6.81. The van der Waals surface area contributed by atoms with Crippen molar-refractivity contribution in [3.8, 4) is 0 Å². The molecule has 2 unspecified atom stereocenters. The molecule has 0 amide bonds. The predicted molar refractivity (Wildman–Crippen MR) is 105 cm³/mol. The summed E-state index contributed by atoms with van der Waals surface area (Å²) in [6, 6.07) is 3.85. The maximum Gasteiger partial charge on any atom is 0.0882 e. The Balaban J connectivity index is 0.000000151. The van der Waals surface area contributed by atoms with Gasteiger partial charge in [0.2, 0.25) is 0 Å². The first kappa shape index (κ1) is 17.8. The third kappa shape index (κ3) is 4.56. The van der Waals surface area contributed by atoms with Crippen LogP contribution in [0.15, 0.2) is 59.2 Å². The number of hydrogen-bond donors (Lipinski definition) is 2. The summed E-state index contributed by atoms with van der Waals surface area (Å²) < 4.78 is 0. The number of aliphatic imine (C=N–C) groups is 1. The van der Waals surface area contributed by atoms with Crippen LogP contribution >= 0.6 is 0 Å².